The van der Waals surface area contributed by atoms with E-state index in [-0.39, 0.29) is 6.61 Å². The number of hydrogen-bond acceptors (Lipinski definition) is 5. The lowest BCUT2D eigenvalue weighted by Crippen LogP contribution is -2.12. The highest BCUT2D eigenvalue weighted by molar-refractivity contribution is 5.64. The predicted octanol–water partition coefficient (Wildman–Crippen LogP) is -0.404. The number of carbonyl (C=O) groups is 1. The van der Waals surface area contributed by atoms with Crippen LogP contribution in [-0.4, -0.2) is 30.9 Å². The average molecular weight is 222 g/mol. The molecule has 0 aliphatic rings. The summed E-state index contributed by atoms with van der Waals surface area (Å²) in [6.07, 6.45) is 2.56. The Balaban J connectivity index is 2.10. The number of primary amides is 1. The van der Waals surface area contributed by atoms with Gasteiger partial charge in [-0.2, -0.15) is 5.10 Å². The molecule has 0 atom stereocenters. The summed E-state index contributed by atoms with van der Waals surface area (Å²) in [5.74, 6) is 0.639. The van der Waals surface area contributed by atoms with Gasteiger partial charge in [0.15, 0.2) is 5.82 Å². The Labute approximate surface area is 90.6 Å². The average Bonchev–Trinajstić information content (AvgIpc) is 2.83. The van der Waals surface area contributed by atoms with E-state index in [1.807, 2.05) is 0 Å². The van der Waals surface area contributed by atoms with Gasteiger partial charge in [-0.3, -0.25) is 4.68 Å². The third-order valence-corrected chi connectivity index (χ3v) is 1.84. The van der Waals surface area contributed by atoms with Crippen molar-refractivity contribution < 1.29 is 9.53 Å². The molecule has 0 aliphatic carbocycles. The van der Waals surface area contributed by atoms with Crippen molar-refractivity contribution in [3.05, 3.63) is 24.2 Å². The molecule has 0 saturated heterocycles. The molecule has 0 spiro atoms. The molecule has 0 aliphatic heterocycles. The Bertz CT molecular complexity index is 502. The van der Waals surface area contributed by atoms with Crippen molar-refractivity contribution >= 4 is 6.09 Å². The van der Waals surface area contributed by atoms with E-state index in [1.54, 1.807) is 30.2 Å². The zero-order chi connectivity index (χ0) is 11.5. The Morgan fingerprint density at radius 3 is 3.06 bits per heavy atom. The van der Waals surface area contributed by atoms with Crippen molar-refractivity contribution in [3.8, 4) is 5.82 Å². The number of hydrogen-bond donors (Lipinski definition) is 1. The Hall–Kier alpha value is -2.38. The van der Waals surface area contributed by atoms with E-state index in [9.17, 15) is 4.79 Å². The summed E-state index contributed by atoms with van der Waals surface area (Å²) in [6.45, 7) is 0.00215. The van der Waals surface area contributed by atoms with Crippen LogP contribution in [0.15, 0.2) is 18.5 Å². The van der Waals surface area contributed by atoms with Gasteiger partial charge in [-0.05, 0) is 0 Å². The second-order valence-corrected chi connectivity index (χ2v) is 3.11. The van der Waals surface area contributed by atoms with E-state index in [1.165, 1.54) is 4.68 Å². The first-order chi connectivity index (χ1) is 7.65. The van der Waals surface area contributed by atoms with Crippen molar-refractivity contribution in [3.63, 3.8) is 0 Å². The molecule has 0 fully saturated rings. The van der Waals surface area contributed by atoms with Gasteiger partial charge in [0.25, 0.3) is 0 Å². The number of aromatic nitrogens is 5. The quantitative estimate of drug-likeness (QED) is 0.761. The SMILES string of the molecule is Cn1ccc(-n2cc(COC(N)=O)nn2)n1. The first-order valence-corrected chi connectivity index (χ1v) is 4.48. The van der Waals surface area contributed by atoms with E-state index in [2.05, 4.69) is 20.1 Å². The monoisotopic (exact) mass is 222 g/mol. The topological polar surface area (TPSA) is 101 Å². The van der Waals surface area contributed by atoms with E-state index in [4.69, 9.17) is 5.73 Å². The number of ether oxygens (including phenoxy) is 1. The van der Waals surface area contributed by atoms with Gasteiger partial charge in [0.05, 0.1) is 6.20 Å². The molecule has 0 saturated carbocycles. The van der Waals surface area contributed by atoms with Crippen LogP contribution in [0.2, 0.25) is 0 Å². The lowest BCUT2D eigenvalue weighted by Gasteiger charge is -1.95. The summed E-state index contributed by atoms with van der Waals surface area (Å²) in [5, 5.41) is 11.8. The number of aryl methyl sites for hydroxylation is 1. The fourth-order valence-corrected chi connectivity index (χ4v) is 1.15. The predicted molar refractivity (Wildman–Crippen MR) is 52.5 cm³/mol. The maximum Gasteiger partial charge on any atom is 0.404 e. The first kappa shape index (κ1) is 10.1. The molecule has 2 aromatic heterocycles. The Kier molecular flexibility index (Phi) is 2.54. The lowest BCUT2D eigenvalue weighted by molar-refractivity contribution is 0.149. The second-order valence-electron chi connectivity index (χ2n) is 3.11. The number of nitrogens with zero attached hydrogens (tertiary/aromatic N) is 5. The van der Waals surface area contributed by atoms with E-state index in [0.29, 0.717) is 11.5 Å². The molecule has 2 rings (SSSR count). The first-order valence-electron chi connectivity index (χ1n) is 4.48. The highest BCUT2D eigenvalue weighted by Crippen LogP contribution is 2.03. The molecule has 16 heavy (non-hydrogen) atoms. The number of carbonyl (C=O) groups excluding carboxylic acids is 1. The van der Waals surface area contributed by atoms with Crippen LogP contribution in [-0.2, 0) is 18.4 Å². The molecular weight excluding hydrogens is 212 g/mol. The fourth-order valence-electron chi connectivity index (χ4n) is 1.15. The molecule has 84 valence electrons. The minimum atomic E-state index is -0.840. The van der Waals surface area contributed by atoms with E-state index in [0.717, 1.165) is 0 Å². The third-order valence-electron chi connectivity index (χ3n) is 1.84. The lowest BCUT2D eigenvalue weighted by atomic mass is 10.5. The van der Waals surface area contributed by atoms with Gasteiger partial charge in [0, 0.05) is 19.3 Å². The summed E-state index contributed by atoms with van der Waals surface area (Å²) in [4.78, 5) is 10.4. The molecule has 1 amide bonds. The zero-order valence-corrected chi connectivity index (χ0v) is 8.57. The van der Waals surface area contributed by atoms with Crippen molar-refractivity contribution in [2.24, 2.45) is 12.8 Å². The largest absolute Gasteiger partial charge is 0.443 e. The van der Waals surface area contributed by atoms with Crippen molar-refractivity contribution in [1.82, 2.24) is 24.8 Å². The van der Waals surface area contributed by atoms with Crippen LogP contribution in [0.1, 0.15) is 5.69 Å². The van der Waals surface area contributed by atoms with Crippen molar-refractivity contribution in [1.29, 1.82) is 0 Å². The molecule has 2 aromatic rings. The summed E-state index contributed by atoms with van der Waals surface area (Å²) >= 11 is 0. The van der Waals surface area contributed by atoms with E-state index >= 15 is 0 Å². The number of amides is 1. The van der Waals surface area contributed by atoms with Crippen LogP contribution in [0.3, 0.4) is 0 Å². The van der Waals surface area contributed by atoms with Gasteiger partial charge in [0.1, 0.15) is 12.3 Å². The highest BCUT2D eigenvalue weighted by Gasteiger charge is 2.06. The van der Waals surface area contributed by atoms with Crippen LogP contribution < -0.4 is 5.73 Å². The molecule has 2 N–H and O–H groups in total. The molecular formula is C8H10N6O2. The highest BCUT2D eigenvalue weighted by atomic mass is 16.5. The summed E-state index contributed by atoms with van der Waals surface area (Å²) < 4.78 is 7.71. The molecule has 0 unspecified atom stereocenters. The minimum Gasteiger partial charge on any atom is -0.443 e. The van der Waals surface area contributed by atoms with E-state index < -0.39 is 6.09 Å². The van der Waals surface area contributed by atoms with Crippen LogP contribution in [0, 0.1) is 0 Å². The summed E-state index contributed by atoms with van der Waals surface area (Å²) in [6, 6.07) is 1.79. The second kappa shape index (κ2) is 4.01. The van der Waals surface area contributed by atoms with Crippen LogP contribution >= 0.6 is 0 Å². The molecule has 8 nitrogen and oxygen atoms in total. The fraction of sp³-hybridized carbons (Fsp3) is 0.250. The standard InChI is InChI=1S/C8H10N6O2/c1-13-3-2-7(11-13)14-4-6(10-12-14)5-16-8(9)15/h2-4H,5H2,1H3,(H2,9,15). The van der Waals surface area contributed by atoms with Gasteiger partial charge in [-0.15, -0.1) is 5.10 Å². The van der Waals surface area contributed by atoms with Gasteiger partial charge in [-0.25, -0.2) is 9.48 Å². The van der Waals surface area contributed by atoms with Gasteiger partial charge < -0.3 is 10.5 Å². The summed E-state index contributed by atoms with van der Waals surface area (Å²) in [7, 11) is 1.80. The molecule has 0 bridgehead atoms. The minimum absolute atomic E-state index is 0.00215. The van der Waals surface area contributed by atoms with Crippen LogP contribution in [0.5, 0.6) is 0 Å². The maximum atomic E-state index is 10.4. The number of rotatable bonds is 3. The van der Waals surface area contributed by atoms with Gasteiger partial charge in [-0.1, -0.05) is 5.21 Å². The van der Waals surface area contributed by atoms with Crippen molar-refractivity contribution in [2.45, 2.75) is 6.61 Å². The number of nitrogens with two attached hydrogens (primary N) is 1. The smallest absolute Gasteiger partial charge is 0.404 e. The van der Waals surface area contributed by atoms with Crippen LogP contribution in [0.4, 0.5) is 4.79 Å². The normalized spacial score (nSPS) is 10.3. The molecule has 2 heterocycles. The Morgan fingerprint density at radius 2 is 2.44 bits per heavy atom. The molecule has 0 radical (unpaired) electrons. The zero-order valence-electron chi connectivity index (χ0n) is 8.57. The molecule has 8 heteroatoms. The van der Waals surface area contributed by atoms with Crippen LogP contribution in [0.25, 0.3) is 5.82 Å². The maximum absolute atomic E-state index is 10.4. The summed E-state index contributed by atoms with van der Waals surface area (Å²) in [5.41, 5.74) is 5.33. The third kappa shape index (κ3) is 2.16. The van der Waals surface area contributed by atoms with Crippen molar-refractivity contribution in [2.75, 3.05) is 0 Å². The van der Waals surface area contributed by atoms with Gasteiger partial charge >= 0.3 is 6.09 Å². The molecule has 0 aromatic carbocycles. The Morgan fingerprint density at radius 1 is 1.62 bits per heavy atom. The van der Waals surface area contributed by atoms with Gasteiger partial charge in [0.2, 0.25) is 0 Å².